The topological polar surface area (TPSA) is 77.8 Å². The van der Waals surface area contributed by atoms with Crippen LogP contribution in [0.3, 0.4) is 0 Å². The van der Waals surface area contributed by atoms with E-state index in [1.54, 1.807) is 12.3 Å². The molecule has 0 amide bonds. The van der Waals surface area contributed by atoms with Gasteiger partial charge < -0.3 is 11.5 Å². The van der Waals surface area contributed by atoms with Crippen molar-refractivity contribution in [1.82, 2.24) is 9.97 Å². The van der Waals surface area contributed by atoms with Crippen molar-refractivity contribution in [3.05, 3.63) is 18.0 Å². The molecule has 0 unspecified atom stereocenters. The van der Waals surface area contributed by atoms with Crippen LogP contribution < -0.4 is 11.5 Å². The summed E-state index contributed by atoms with van der Waals surface area (Å²) in [4.78, 5) is 7.56. The summed E-state index contributed by atoms with van der Waals surface area (Å²) in [6.07, 6.45) is 1.56. The summed E-state index contributed by atoms with van der Waals surface area (Å²) in [6, 6.07) is 1.68. The monoisotopic (exact) mass is 148 g/mol. The molecule has 56 valence electrons. The third kappa shape index (κ3) is 2.24. The molecule has 4 heteroatoms. The highest BCUT2D eigenvalue weighted by atomic mass is 15.0. The minimum atomic E-state index is 0.230. The molecule has 11 heavy (non-hydrogen) atoms. The normalized spacial score (nSPS) is 8.45. The largest absolute Gasteiger partial charge is 0.368 e. The minimum absolute atomic E-state index is 0.230. The van der Waals surface area contributed by atoms with Gasteiger partial charge in [-0.25, -0.2) is 9.97 Å². The van der Waals surface area contributed by atoms with Crippen molar-refractivity contribution in [2.24, 2.45) is 5.73 Å². The van der Waals surface area contributed by atoms with E-state index < -0.39 is 0 Å². The first-order valence-corrected chi connectivity index (χ1v) is 3.10. The zero-order valence-electron chi connectivity index (χ0n) is 5.91. The molecule has 1 heterocycles. The van der Waals surface area contributed by atoms with Gasteiger partial charge in [0.05, 0.1) is 6.54 Å². The Hall–Kier alpha value is -1.60. The maximum Gasteiger partial charge on any atom is 0.221 e. The van der Waals surface area contributed by atoms with E-state index >= 15 is 0 Å². The van der Waals surface area contributed by atoms with Crippen molar-refractivity contribution in [2.75, 3.05) is 12.3 Å². The van der Waals surface area contributed by atoms with Gasteiger partial charge in [-0.1, -0.05) is 5.92 Å². The lowest BCUT2D eigenvalue weighted by Gasteiger charge is -1.89. The van der Waals surface area contributed by atoms with Gasteiger partial charge in [0.15, 0.2) is 0 Å². The van der Waals surface area contributed by atoms with Crippen LogP contribution in [0.5, 0.6) is 0 Å². The number of anilines is 1. The molecule has 0 radical (unpaired) electrons. The Morgan fingerprint density at radius 1 is 1.55 bits per heavy atom. The highest BCUT2D eigenvalue weighted by Gasteiger charge is 1.88. The molecule has 4 nitrogen and oxygen atoms in total. The van der Waals surface area contributed by atoms with E-state index in [0.29, 0.717) is 12.2 Å². The Morgan fingerprint density at radius 3 is 3.00 bits per heavy atom. The summed E-state index contributed by atoms with van der Waals surface area (Å²) in [7, 11) is 0. The van der Waals surface area contributed by atoms with E-state index in [1.807, 2.05) is 0 Å². The quantitative estimate of drug-likeness (QED) is 0.480. The lowest BCUT2D eigenvalue weighted by molar-refractivity contribution is 1.16. The number of aromatic nitrogens is 2. The molecule has 1 rings (SSSR count). The fourth-order valence-corrected chi connectivity index (χ4v) is 0.585. The van der Waals surface area contributed by atoms with Gasteiger partial charge in [-0.2, -0.15) is 0 Å². The fourth-order valence-electron chi connectivity index (χ4n) is 0.585. The van der Waals surface area contributed by atoms with E-state index in [-0.39, 0.29) is 5.95 Å². The van der Waals surface area contributed by atoms with Crippen molar-refractivity contribution in [3.63, 3.8) is 0 Å². The second-order valence-corrected chi connectivity index (χ2v) is 1.81. The Kier molecular flexibility index (Phi) is 2.42. The van der Waals surface area contributed by atoms with Crippen LogP contribution in [0.25, 0.3) is 0 Å². The van der Waals surface area contributed by atoms with Gasteiger partial charge in [0.1, 0.15) is 5.69 Å². The molecule has 0 atom stereocenters. The van der Waals surface area contributed by atoms with Gasteiger partial charge in [0, 0.05) is 6.20 Å². The highest BCUT2D eigenvalue weighted by molar-refractivity contribution is 5.30. The van der Waals surface area contributed by atoms with Crippen molar-refractivity contribution in [1.29, 1.82) is 0 Å². The molecule has 0 saturated carbocycles. The molecule has 1 aromatic heterocycles. The first-order valence-electron chi connectivity index (χ1n) is 3.10. The second-order valence-electron chi connectivity index (χ2n) is 1.81. The molecular weight excluding hydrogens is 140 g/mol. The second kappa shape index (κ2) is 3.54. The Balaban J connectivity index is 2.87. The molecule has 0 aromatic carbocycles. The number of nitrogen functional groups attached to an aromatic ring is 1. The zero-order chi connectivity index (χ0) is 8.10. The van der Waals surface area contributed by atoms with Gasteiger partial charge in [-0.05, 0) is 12.0 Å². The van der Waals surface area contributed by atoms with E-state index in [9.17, 15) is 0 Å². The standard InChI is InChI=1S/C7H8N4/c8-4-1-2-6-3-5-10-7(9)11-6/h3,5H,4,8H2,(H2,9,10,11). The summed E-state index contributed by atoms with van der Waals surface area (Å²) < 4.78 is 0. The lowest BCUT2D eigenvalue weighted by Crippen LogP contribution is -1.96. The molecule has 4 N–H and O–H groups in total. The fraction of sp³-hybridized carbons (Fsp3) is 0.143. The zero-order valence-corrected chi connectivity index (χ0v) is 5.91. The van der Waals surface area contributed by atoms with Crippen LogP contribution in [-0.2, 0) is 0 Å². The van der Waals surface area contributed by atoms with Crippen molar-refractivity contribution in [3.8, 4) is 11.8 Å². The molecule has 1 aromatic rings. The van der Waals surface area contributed by atoms with Crippen LogP contribution >= 0.6 is 0 Å². The van der Waals surface area contributed by atoms with Gasteiger partial charge in [-0.15, -0.1) is 0 Å². The van der Waals surface area contributed by atoms with Crippen LogP contribution in [0.1, 0.15) is 5.69 Å². The molecule has 0 aliphatic carbocycles. The van der Waals surface area contributed by atoms with Crippen LogP contribution in [0.15, 0.2) is 12.3 Å². The summed E-state index contributed by atoms with van der Waals surface area (Å²) in [5.41, 5.74) is 11.1. The Morgan fingerprint density at radius 2 is 2.36 bits per heavy atom. The minimum Gasteiger partial charge on any atom is -0.368 e. The van der Waals surface area contributed by atoms with E-state index in [1.165, 1.54) is 0 Å². The maximum atomic E-state index is 5.31. The maximum absolute atomic E-state index is 5.31. The summed E-state index contributed by atoms with van der Waals surface area (Å²) in [6.45, 7) is 0.323. The summed E-state index contributed by atoms with van der Waals surface area (Å²) in [5.74, 6) is 5.63. The number of hydrogen-bond donors (Lipinski definition) is 2. The van der Waals surface area contributed by atoms with E-state index in [4.69, 9.17) is 11.5 Å². The predicted molar refractivity (Wildman–Crippen MR) is 42.4 cm³/mol. The molecule has 0 spiro atoms. The third-order valence-electron chi connectivity index (χ3n) is 0.993. The van der Waals surface area contributed by atoms with Crippen LogP contribution in [-0.4, -0.2) is 16.5 Å². The summed E-state index contributed by atoms with van der Waals surface area (Å²) >= 11 is 0. The molecule has 0 saturated heterocycles. The average Bonchev–Trinajstić information content (AvgIpc) is 2.01. The average molecular weight is 148 g/mol. The van der Waals surface area contributed by atoms with Crippen LogP contribution in [0.4, 0.5) is 5.95 Å². The van der Waals surface area contributed by atoms with Gasteiger partial charge >= 0.3 is 0 Å². The SMILES string of the molecule is NCC#Cc1ccnc(N)n1. The van der Waals surface area contributed by atoms with Crippen molar-refractivity contribution < 1.29 is 0 Å². The lowest BCUT2D eigenvalue weighted by atomic mass is 10.4. The number of hydrogen-bond acceptors (Lipinski definition) is 4. The van der Waals surface area contributed by atoms with Crippen molar-refractivity contribution in [2.45, 2.75) is 0 Å². The van der Waals surface area contributed by atoms with E-state index in [0.717, 1.165) is 0 Å². The Bertz CT molecular complexity index is 297. The molecule has 0 fully saturated rings. The number of rotatable bonds is 0. The molecular formula is C7H8N4. The highest BCUT2D eigenvalue weighted by Crippen LogP contribution is 1.92. The third-order valence-corrected chi connectivity index (χ3v) is 0.993. The van der Waals surface area contributed by atoms with Crippen LogP contribution in [0, 0.1) is 11.8 Å². The first-order chi connectivity index (χ1) is 5.33. The van der Waals surface area contributed by atoms with Crippen LogP contribution in [0.2, 0.25) is 0 Å². The summed E-state index contributed by atoms with van der Waals surface area (Å²) in [5, 5.41) is 0. The van der Waals surface area contributed by atoms with Gasteiger partial charge in [0.2, 0.25) is 5.95 Å². The predicted octanol–water partition coefficient (Wildman–Crippen LogP) is -0.631. The molecule has 0 aliphatic heterocycles. The van der Waals surface area contributed by atoms with Gasteiger partial charge in [0.25, 0.3) is 0 Å². The first kappa shape index (κ1) is 7.51. The Labute approximate surface area is 64.6 Å². The smallest absolute Gasteiger partial charge is 0.221 e. The number of nitrogens with two attached hydrogens (primary N) is 2. The molecule has 0 bridgehead atoms. The number of nitrogens with zero attached hydrogens (tertiary/aromatic N) is 2. The van der Waals surface area contributed by atoms with Crippen molar-refractivity contribution >= 4 is 5.95 Å². The van der Waals surface area contributed by atoms with Gasteiger partial charge in [-0.3, -0.25) is 0 Å². The van der Waals surface area contributed by atoms with E-state index in [2.05, 4.69) is 21.8 Å². The molecule has 0 aliphatic rings.